The summed E-state index contributed by atoms with van der Waals surface area (Å²) < 4.78 is 4.53. The van der Waals surface area contributed by atoms with Gasteiger partial charge in [0.1, 0.15) is 11.9 Å². The van der Waals surface area contributed by atoms with E-state index in [1.165, 1.54) is 0 Å². The normalized spacial score (nSPS) is 12.9. The minimum atomic E-state index is -0.0145. The molecule has 0 aromatic carbocycles. The second-order valence-electron chi connectivity index (χ2n) is 4.17. The Bertz CT molecular complexity index is 498. The van der Waals surface area contributed by atoms with Crippen molar-refractivity contribution in [2.75, 3.05) is 6.54 Å². The molecule has 0 saturated carbocycles. The number of aryl methyl sites for hydroxylation is 2. The van der Waals surface area contributed by atoms with E-state index in [9.17, 15) is 0 Å². The zero-order valence-corrected chi connectivity index (χ0v) is 12.3. The minimum Gasteiger partial charge on any atom is -0.336 e. The van der Waals surface area contributed by atoms with E-state index in [0.29, 0.717) is 0 Å². The van der Waals surface area contributed by atoms with Gasteiger partial charge in [-0.2, -0.15) is 0 Å². The monoisotopic (exact) mass is 312 g/mol. The lowest BCUT2D eigenvalue weighted by Gasteiger charge is -2.18. The molecule has 0 saturated heterocycles. The molecule has 98 valence electrons. The van der Waals surface area contributed by atoms with Gasteiger partial charge < -0.3 is 9.88 Å². The summed E-state index contributed by atoms with van der Waals surface area (Å²) >= 11 is 3.45. The van der Waals surface area contributed by atoms with Crippen molar-refractivity contribution in [3.63, 3.8) is 0 Å². The van der Waals surface area contributed by atoms with Crippen molar-refractivity contribution in [3.05, 3.63) is 28.5 Å². The summed E-state index contributed by atoms with van der Waals surface area (Å²) in [4.78, 5) is 4.42. The largest absolute Gasteiger partial charge is 0.336 e. The number of nitrogens with one attached hydrogen (secondary N) is 1. The molecule has 6 nitrogen and oxygen atoms in total. The summed E-state index contributed by atoms with van der Waals surface area (Å²) in [6, 6.07) is -0.0145. The number of aromatic nitrogens is 5. The maximum atomic E-state index is 4.42. The highest BCUT2D eigenvalue weighted by atomic mass is 79.9. The lowest BCUT2D eigenvalue weighted by atomic mass is 10.2. The van der Waals surface area contributed by atoms with Crippen molar-refractivity contribution >= 4 is 15.9 Å². The van der Waals surface area contributed by atoms with Gasteiger partial charge in [0.05, 0.1) is 5.69 Å². The molecule has 1 unspecified atom stereocenters. The summed E-state index contributed by atoms with van der Waals surface area (Å²) in [6.45, 7) is 3.05. The van der Waals surface area contributed by atoms with E-state index in [0.717, 1.165) is 29.1 Å². The molecular weight excluding hydrogens is 296 g/mol. The maximum absolute atomic E-state index is 4.42. The van der Waals surface area contributed by atoms with E-state index >= 15 is 0 Å². The third-order valence-corrected chi connectivity index (χ3v) is 3.38. The molecule has 2 aromatic heterocycles. The first kappa shape index (κ1) is 13.2. The van der Waals surface area contributed by atoms with Crippen LogP contribution in [0.5, 0.6) is 0 Å². The molecule has 0 radical (unpaired) electrons. The molecule has 0 bridgehead atoms. The van der Waals surface area contributed by atoms with Crippen molar-refractivity contribution in [2.45, 2.75) is 19.4 Å². The number of halogens is 1. The van der Waals surface area contributed by atoms with Crippen LogP contribution in [0.25, 0.3) is 0 Å². The van der Waals surface area contributed by atoms with Gasteiger partial charge in [-0.15, -0.1) is 5.10 Å². The smallest absolute Gasteiger partial charge is 0.153 e. The molecule has 1 atom stereocenters. The van der Waals surface area contributed by atoms with E-state index in [2.05, 4.69) is 43.5 Å². The highest BCUT2D eigenvalue weighted by molar-refractivity contribution is 9.10. The van der Waals surface area contributed by atoms with Crippen molar-refractivity contribution in [3.8, 4) is 0 Å². The molecule has 2 rings (SSSR count). The van der Waals surface area contributed by atoms with Crippen LogP contribution in [-0.4, -0.2) is 31.1 Å². The van der Waals surface area contributed by atoms with Gasteiger partial charge in [0, 0.05) is 26.5 Å². The quantitative estimate of drug-likeness (QED) is 0.906. The van der Waals surface area contributed by atoms with E-state index < -0.39 is 0 Å². The van der Waals surface area contributed by atoms with Crippen LogP contribution in [-0.2, 0) is 14.1 Å². The third-order valence-electron chi connectivity index (χ3n) is 2.82. The fourth-order valence-electron chi connectivity index (χ4n) is 1.90. The van der Waals surface area contributed by atoms with Crippen molar-refractivity contribution < 1.29 is 0 Å². The molecule has 18 heavy (non-hydrogen) atoms. The van der Waals surface area contributed by atoms with E-state index in [-0.39, 0.29) is 6.04 Å². The Kier molecular flexibility index (Phi) is 4.13. The lowest BCUT2D eigenvalue weighted by Crippen LogP contribution is -2.28. The highest BCUT2D eigenvalue weighted by Crippen LogP contribution is 2.25. The lowest BCUT2D eigenvalue weighted by molar-refractivity contribution is 0.517. The first-order chi connectivity index (χ1) is 8.65. The molecular formula is C11H17BrN6. The maximum Gasteiger partial charge on any atom is 0.153 e. The van der Waals surface area contributed by atoms with Gasteiger partial charge in [-0.1, -0.05) is 12.1 Å². The Balaban J connectivity index is 2.40. The highest BCUT2D eigenvalue weighted by Gasteiger charge is 2.24. The number of hydrogen-bond donors (Lipinski definition) is 1. The minimum absolute atomic E-state index is 0.0145. The average Bonchev–Trinajstić information content (AvgIpc) is 2.90. The Hall–Kier alpha value is -1.21. The van der Waals surface area contributed by atoms with Gasteiger partial charge in [0.25, 0.3) is 0 Å². The molecule has 7 heteroatoms. The summed E-state index contributed by atoms with van der Waals surface area (Å²) in [5.74, 6) is 0.953. The van der Waals surface area contributed by atoms with Crippen LogP contribution in [0.2, 0.25) is 0 Å². The molecule has 0 aliphatic carbocycles. The first-order valence-corrected chi connectivity index (χ1v) is 6.70. The standard InChI is InChI=1S/C11H17BrN6/c1-4-5-13-8(11-14-6-7-17(11)2)9-10(12)15-16-18(9)3/h6-8,13H,4-5H2,1-3H3. The van der Waals surface area contributed by atoms with Crippen LogP contribution >= 0.6 is 15.9 Å². The predicted molar refractivity (Wildman–Crippen MR) is 72.0 cm³/mol. The van der Waals surface area contributed by atoms with Crippen molar-refractivity contribution in [2.24, 2.45) is 14.1 Å². The van der Waals surface area contributed by atoms with E-state index in [4.69, 9.17) is 0 Å². The van der Waals surface area contributed by atoms with Crippen molar-refractivity contribution in [1.82, 2.24) is 29.9 Å². The van der Waals surface area contributed by atoms with Gasteiger partial charge in [-0.25, -0.2) is 9.67 Å². The number of nitrogens with zero attached hydrogens (tertiary/aromatic N) is 5. The fourth-order valence-corrected chi connectivity index (χ4v) is 2.46. The third kappa shape index (κ3) is 2.46. The van der Waals surface area contributed by atoms with E-state index in [1.807, 2.05) is 24.9 Å². The molecule has 0 aliphatic rings. The molecule has 0 aliphatic heterocycles. The Labute approximate surface area is 115 Å². The van der Waals surface area contributed by atoms with Crippen LogP contribution in [0.4, 0.5) is 0 Å². The molecule has 1 N–H and O–H groups in total. The molecule has 0 fully saturated rings. The zero-order chi connectivity index (χ0) is 13.1. The summed E-state index contributed by atoms with van der Waals surface area (Å²) in [5, 5.41) is 11.5. The summed E-state index contributed by atoms with van der Waals surface area (Å²) in [5.41, 5.74) is 0.984. The van der Waals surface area contributed by atoms with Crippen LogP contribution < -0.4 is 5.32 Å². The predicted octanol–water partition coefficient (Wildman–Crippen LogP) is 1.40. The average molecular weight is 313 g/mol. The van der Waals surface area contributed by atoms with Crippen LogP contribution in [0.3, 0.4) is 0 Å². The second kappa shape index (κ2) is 5.62. The number of hydrogen-bond acceptors (Lipinski definition) is 4. The molecule has 2 aromatic rings. The number of imidazole rings is 1. The number of rotatable bonds is 5. The van der Waals surface area contributed by atoms with Crippen LogP contribution in [0.1, 0.15) is 30.9 Å². The first-order valence-electron chi connectivity index (χ1n) is 5.90. The van der Waals surface area contributed by atoms with Crippen LogP contribution in [0, 0.1) is 0 Å². The SMILES string of the molecule is CCCNC(c1nccn1C)c1c(Br)nnn1C. The van der Waals surface area contributed by atoms with Gasteiger partial charge in [0.15, 0.2) is 4.60 Å². The second-order valence-corrected chi connectivity index (χ2v) is 4.92. The van der Waals surface area contributed by atoms with Gasteiger partial charge in [-0.05, 0) is 28.9 Å². The molecule has 0 spiro atoms. The van der Waals surface area contributed by atoms with Crippen molar-refractivity contribution in [1.29, 1.82) is 0 Å². The molecule has 2 heterocycles. The summed E-state index contributed by atoms with van der Waals surface area (Å²) in [7, 11) is 3.87. The van der Waals surface area contributed by atoms with Gasteiger partial charge in [-0.3, -0.25) is 0 Å². The Morgan fingerprint density at radius 2 is 2.22 bits per heavy atom. The Morgan fingerprint density at radius 1 is 1.44 bits per heavy atom. The fraction of sp³-hybridized carbons (Fsp3) is 0.545. The van der Waals surface area contributed by atoms with Gasteiger partial charge >= 0.3 is 0 Å². The van der Waals surface area contributed by atoms with Gasteiger partial charge in [0.2, 0.25) is 0 Å². The Morgan fingerprint density at radius 3 is 2.72 bits per heavy atom. The van der Waals surface area contributed by atoms with Crippen LogP contribution in [0.15, 0.2) is 17.0 Å². The molecule has 0 amide bonds. The zero-order valence-electron chi connectivity index (χ0n) is 10.8. The van der Waals surface area contributed by atoms with E-state index in [1.54, 1.807) is 10.9 Å². The summed E-state index contributed by atoms with van der Waals surface area (Å²) in [6.07, 6.45) is 4.80. The topological polar surface area (TPSA) is 60.6 Å².